The Morgan fingerprint density at radius 3 is 2.42 bits per heavy atom. The second-order valence-electron chi connectivity index (χ2n) is 5.65. The maximum atomic E-state index is 13.6. The number of nitrogens with zero attached hydrogens (tertiary/aromatic N) is 2. The van der Waals surface area contributed by atoms with Gasteiger partial charge in [0, 0.05) is 25.2 Å². The van der Waals surface area contributed by atoms with Crippen LogP contribution in [-0.4, -0.2) is 38.1 Å². The molecule has 5 heteroatoms. The number of halogens is 2. The van der Waals surface area contributed by atoms with Crippen molar-refractivity contribution in [2.75, 3.05) is 38.3 Å². The number of benzene rings is 1. The minimum Gasteiger partial charge on any atom is -0.397 e. The van der Waals surface area contributed by atoms with Crippen LogP contribution < -0.4 is 10.6 Å². The molecule has 1 aliphatic carbocycles. The lowest BCUT2D eigenvalue weighted by Crippen LogP contribution is -2.56. The first-order valence-corrected chi connectivity index (χ1v) is 6.87. The standard InChI is InChI=1S/C14H21ClFN3/c1-18(2)14(5-4-6-14)9-19(3)13-8-11(16)10(15)7-12(13)17/h7-8H,4-6,9,17H2,1-3H3. The summed E-state index contributed by atoms with van der Waals surface area (Å²) in [6, 6.07) is 2.89. The lowest BCUT2D eigenvalue weighted by atomic mass is 9.75. The summed E-state index contributed by atoms with van der Waals surface area (Å²) in [4.78, 5) is 4.28. The third-order valence-electron chi connectivity index (χ3n) is 4.25. The number of likely N-dealkylation sites (N-methyl/N-ethyl adjacent to an activating group) is 2. The molecule has 0 atom stereocenters. The third-order valence-corrected chi connectivity index (χ3v) is 4.53. The fourth-order valence-corrected chi connectivity index (χ4v) is 2.91. The smallest absolute Gasteiger partial charge is 0.144 e. The number of nitrogens with two attached hydrogens (primary N) is 1. The van der Waals surface area contributed by atoms with Gasteiger partial charge in [-0.05, 0) is 39.4 Å². The molecule has 0 spiro atoms. The van der Waals surface area contributed by atoms with E-state index in [1.165, 1.54) is 31.4 Å². The zero-order valence-electron chi connectivity index (χ0n) is 11.7. The number of anilines is 2. The van der Waals surface area contributed by atoms with E-state index in [1.54, 1.807) is 0 Å². The highest BCUT2D eigenvalue weighted by Crippen LogP contribution is 2.38. The second-order valence-corrected chi connectivity index (χ2v) is 6.06. The summed E-state index contributed by atoms with van der Waals surface area (Å²) in [7, 11) is 6.14. The highest BCUT2D eigenvalue weighted by atomic mass is 35.5. The normalized spacial score (nSPS) is 17.4. The van der Waals surface area contributed by atoms with Crippen molar-refractivity contribution in [1.82, 2.24) is 4.90 Å². The van der Waals surface area contributed by atoms with Gasteiger partial charge >= 0.3 is 0 Å². The van der Waals surface area contributed by atoms with Crippen LogP contribution in [0.3, 0.4) is 0 Å². The largest absolute Gasteiger partial charge is 0.397 e. The summed E-state index contributed by atoms with van der Waals surface area (Å²) >= 11 is 5.73. The van der Waals surface area contributed by atoms with Gasteiger partial charge in [0.2, 0.25) is 0 Å². The fraction of sp³-hybridized carbons (Fsp3) is 0.571. The Labute approximate surface area is 119 Å². The van der Waals surface area contributed by atoms with E-state index in [9.17, 15) is 4.39 Å². The van der Waals surface area contributed by atoms with Crippen molar-refractivity contribution in [3.05, 3.63) is 23.0 Å². The van der Waals surface area contributed by atoms with Crippen molar-refractivity contribution in [1.29, 1.82) is 0 Å². The zero-order chi connectivity index (χ0) is 14.2. The Morgan fingerprint density at radius 2 is 1.95 bits per heavy atom. The van der Waals surface area contributed by atoms with Crippen LogP contribution in [0.15, 0.2) is 12.1 Å². The molecular formula is C14H21ClFN3. The number of nitrogen functional groups attached to an aromatic ring is 1. The molecular weight excluding hydrogens is 265 g/mol. The lowest BCUT2D eigenvalue weighted by Gasteiger charge is -2.49. The van der Waals surface area contributed by atoms with Gasteiger partial charge in [0.15, 0.2) is 0 Å². The summed E-state index contributed by atoms with van der Waals surface area (Å²) in [5, 5.41) is 0.0700. The van der Waals surface area contributed by atoms with Gasteiger partial charge in [-0.3, -0.25) is 0 Å². The van der Waals surface area contributed by atoms with E-state index in [1.807, 2.05) is 11.9 Å². The molecule has 1 fully saturated rings. The van der Waals surface area contributed by atoms with Crippen molar-refractivity contribution >= 4 is 23.0 Å². The summed E-state index contributed by atoms with van der Waals surface area (Å²) in [5.41, 5.74) is 7.34. The van der Waals surface area contributed by atoms with Gasteiger partial charge in [-0.25, -0.2) is 4.39 Å². The average Bonchev–Trinajstić information content (AvgIpc) is 2.27. The van der Waals surface area contributed by atoms with Crippen LogP contribution in [-0.2, 0) is 0 Å². The molecule has 3 nitrogen and oxygen atoms in total. The molecule has 0 aromatic heterocycles. The predicted molar refractivity (Wildman–Crippen MR) is 79.4 cm³/mol. The molecule has 0 heterocycles. The molecule has 106 valence electrons. The molecule has 0 amide bonds. The molecule has 0 aliphatic heterocycles. The monoisotopic (exact) mass is 285 g/mol. The minimum atomic E-state index is -0.426. The Kier molecular flexibility index (Phi) is 3.92. The average molecular weight is 286 g/mol. The van der Waals surface area contributed by atoms with Crippen molar-refractivity contribution < 1.29 is 4.39 Å². The quantitative estimate of drug-likeness (QED) is 0.863. The highest BCUT2D eigenvalue weighted by Gasteiger charge is 2.40. The van der Waals surface area contributed by atoms with E-state index in [-0.39, 0.29) is 10.6 Å². The first-order valence-electron chi connectivity index (χ1n) is 6.49. The minimum absolute atomic E-state index is 0.0700. The van der Waals surface area contributed by atoms with Crippen LogP contribution >= 0.6 is 11.6 Å². The van der Waals surface area contributed by atoms with Gasteiger partial charge in [0.25, 0.3) is 0 Å². The molecule has 1 aromatic carbocycles. The molecule has 19 heavy (non-hydrogen) atoms. The van der Waals surface area contributed by atoms with E-state index in [4.69, 9.17) is 17.3 Å². The topological polar surface area (TPSA) is 32.5 Å². The van der Waals surface area contributed by atoms with Crippen molar-refractivity contribution in [3.63, 3.8) is 0 Å². The van der Waals surface area contributed by atoms with Crippen LogP contribution in [0.4, 0.5) is 15.8 Å². The molecule has 1 saturated carbocycles. The predicted octanol–water partition coefficient (Wildman–Crippen LogP) is 2.98. The van der Waals surface area contributed by atoms with E-state index in [2.05, 4.69) is 19.0 Å². The lowest BCUT2D eigenvalue weighted by molar-refractivity contribution is 0.0683. The van der Waals surface area contributed by atoms with Gasteiger partial charge in [-0.1, -0.05) is 11.6 Å². The molecule has 0 bridgehead atoms. The van der Waals surface area contributed by atoms with Crippen LogP contribution in [0.1, 0.15) is 19.3 Å². The molecule has 1 aromatic rings. The van der Waals surface area contributed by atoms with Crippen molar-refractivity contribution in [2.45, 2.75) is 24.8 Å². The van der Waals surface area contributed by atoms with E-state index in [0.29, 0.717) is 11.4 Å². The maximum absolute atomic E-state index is 13.6. The zero-order valence-corrected chi connectivity index (χ0v) is 12.5. The van der Waals surface area contributed by atoms with Gasteiger partial charge in [-0.15, -0.1) is 0 Å². The number of hydrogen-bond donors (Lipinski definition) is 1. The fourth-order valence-electron chi connectivity index (χ4n) is 2.74. The highest BCUT2D eigenvalue weighted by molar-refractivity contribution is 6.31. The first kappa shape index (κ1) is 14.4. The van der Waals surface area contributed by atoms with Crippen LogP contribution in [0.5, 0.6) is 0 Å². The molecule has 0 unspecified atom stereocenters. The van der Waals surface area contributed by atoms with Crippen molar-refractivity contribution in [2.24, 2.45) is 0 Å². The van der Waals surface area contributed by atoms with Gasteiger partial charge in [-0.2, -0.15) is 0 Å². The van der Waals surface area contributed by atoms with Gasteiger partial charge in [0.05, 0.1) is 16.4 Å². The van der Waals surface area contributed by atoms with E-state index in [0.717, 1.165) is 6.54 Å². The van der Waals surface area contributed by atoms with Crippen LogP contribution in [0.2, 0.25) is 5.02 Å². The van der Waals surface area contributed by atoms with Gasteiger partial charge in [0.1, 0.15) is 5.82 Å². The molecule has 0 saturated heterocycles. The summed E-state index contributed by atoms with van der Waals surface area (Å²) in [5.74, 6) is -0.426. The first-order chi connectivity index (χ1) is 8.85. The van der Waals surface area contributed by atoms with E-state index >= 15 is 0 Å². The van der Waals surface area contributed by atoms with Gasteiger partial charge < -0.3 is 15.5 Å². The summed E-state index contributed by atoms with van der Waals surface area (Å²) in [6.07, 6.45) is 3.58. The molecule has 1 aliphatic rings. The van der Waals surface area contributed by atoms with Crippen molar-refractivity contribution in [3.8, 4) is 0 Å². The molecule has 2 rings (SSSR count). The maximum Gasteiger partial charge on any atom is 0.144 e. The van der Waals surface area contributed by atoms with Crippen LogP contribution in [0.25, 0.3) is 0 Å². The SMILES string of the molecule is CN(CC1(N(C)C)CCC1)c1cc(F)c(Cl)cc1N. The number of hydrogen-bond acceptors (Lipinski definition) is 3. The number of rotatable bonds is 4. The Morgan fingerprint density at radius 1 is 1.32 bits per heavy atom. The second kappa shape index (κ2) is 5.17. The van der Waals surface area contributed by atoms with E-state index < -0.39 is 5.82 Å². The Bertz CT molecular complexity index is 472. The Balaban J connectivity index is 2.20. The summed E-state index contributed by atoms with van der Waals surface area (Å²) < 4.78 is 13.6. The molecule has 0 radical (unpaired) electrons. The van der Waals surface area contributed by atoms with Crippen LogP contribution in [0, 0.1) is 5.82 Å². The third kappa shape index (κ3) is 2.65. The summed E-state index contributed by atoms with van der Waals surface area (Å²) in [6.45, 7) is 0.839. The Hall–Kier alpha value is -1.00. The molecule has 2 N–H and O–H groups in total.